The number of Topliss-reactive ketones (excluding diaryl/α,β-unsaturated/α-hetero) is 1. The summed E-state index contributed by atoms with van der Waals surface area (Å²) in [6.45, 7) is 6.00. The summed E-state index contributed by atoms with van der Waals surface area (Å²) in [5.41, 5.74) is 4.05. The van der Waals surface area contributed by atoms with Gasteiger partial charge in [0.05, 0.1) is 0 Å². The third-order valence-corrected chi connectivity index (χ3v) is 3.62. The molecule has 0 saturated heterocycles. The standard InChI is InChI=1S/C17H22O/c1-17(2,3)16(18)10-6-8-14-12-11-13-7-4-5-9-15(13)14/h4-5,7,9,12H,6,8,10-11H2,1-3H3. The smallest absolute Gasteiger partial charge is 0.138 e. The molecule has 0 aliphatic heterocycles. The van der Waals surface area contributed by atoms with E-state index in [1.165, 1.54) is 16.7 Å². The number of ketones is 1. The maximum atomic E-state index is 11.9. The van der Waals surface area contributed by atoms with Gasteiger partial charge in [-0.05, 0) is 36.0 Å². The Morgan fingerprint density at radius 1 is 1.22 bits per heavy atom. The summed E-state index contributed by atoms with van der Waals surface area (Å²) in [4.78, 5) is 11.9. The topological polar surface area (TPSA) is 17.1 Å². The molecule has 2 rings (SSSR count). The Morgan fingerprint density at radius 3 is 2.67 bits per heavy atom. The van der Waals surface area contributed by atoms with Crippen LogP contribution in [0.3, 0.4) is 0 Å². The molecule has 0 unspecified atom stereocenters. The van der Waals surface area contributed by atoms with Crippen molar-refractivity contribution in [2.24, 2.45) is 5.41 Å². The first kappa shape index (κ1) is 13.1. The molecular weight excluding hydrogens is 220 g/mol. The SMILES string of the molecule is CC(C)(C)C(=O)CCCC1=CCc2ccccc21. The van der Waals surface area contributed by atoms with Gasteiger partial charge in [-0.1, -0.05) is 51.1 Å². The molecule has 0 radical (unpaired) electrons. The van der Waals surface area contributed by atoms with E-state index in [0.717, 1.165) is 19.3 Å². The lowest BCUT2D eigenvalue weighted by molar-refractivity contribution is -0.126. The second kappa shape index (κ2) is 5.09. The summed E-state index contributed by atoms with van der Waals surface area (Å²) in [5, 5.41) is 0. The normalized spacial score (nSPS) is 14.3. The van der Waals surface area contributed by atoms with Gasteiger partial charge in [0.1, 0.15) is 5.78 Å². The highest BCUT2D eigenvalue weighted by molar-refractivity contribution is 5.83. The van der Waals surface area contributed by atoms with Crippen molar-refractivity contribution < 1.29 is 4.79 Å². The Labute approximate surface area is 110 Å². The van der Waals surface area contributed by atoms with E-state index in [1.807, 2.05) is 20.8 Å². The lowest BCUT2D eigenvalue weighted by Crippen LogP contribution is -2.19. The molecule has 96 valence electrons. The summed E-state index contributed by atoms with van der Waals surface area (Å²) < 4.78 is 0. The summed E-state index contributed by atoms with van der Waals surface area (Å²) in [7, 11) is 0. The number of allylic oxidation sites excluding steroid dienone is 2. The fourth-order valence-electron chi connectivity index (χ4n) is 2.41. The molecule has 1 aromatic carbocycles. The number of carbonyl (C=O) groups is 1. The minimum Gasteiger partial charge on any atom is -0.299 e. The summed E-state index contributed by atoms with van der Waals surface area (Å²) in [6.07, 6.45) is 6.06. The summed E-state index contributed by atoms with van der Waals surface area (Å²) >= 11 is 0. The molecule has 0 atom stereocenters. The maximum Gasteiger partial charge on any atom is 0.138 e. The third-order valence-electron chi connectivity index (χ3n) is 3.62. The maximum absolute atomic E-state index is 11.9. The molecule has 0 amide bonds. The largest absolute Gasteiger partial charge is 0.299 e. The second-order valence-corrected chi connectivity index (χ2v) is 6.12. The van der Waals surface area contributed by atoms with E-state index in [0.29, 0.717) is 12.2 Å². The van der Waals surface area contributed by atoms with Crippen LogP contribution in [0.2, 0.25) is 0 Å². The molecule has 18 heavy (non-hydrogen) atoms. The Kier molecular flexibility index (Phi) is 3.70. The molecule has 1 aliphatic rings. The molecule has 0 spiro atoms. The van der Waals surface area contributed by atoms with Crippen LogP contribution in [0.1, 0.15) is 51.2 Å². The highest BCUT2D eigenvalue weighted by Crippen LogP contribution is 2.31. The first-order valence-electron chi connectivity index (χ1n) is 6.79. The van der Waals surface area contributed by atoms with Crippen molar-refractivity contribution in [3.05, 3.63) is 41.5 Å². The van der Waals surface area contributed by atoms with Crippen LogP contribution >= 0.6 is 0 Å². The molecule has 0 fully saturated rings. The van der Waals surface area contributed by atoms with Crippen molar-refractivity contribution in [2.45, 2.75) is 46.5 Å². The van der Waals surface area contributed by atoms with E-state index in [1.54, 1.807) is 0 Å². The zero-order valence-corrected chi connectivity index (χ0v) is 11.6. The van der Waals surface area contributed by atoms with Gasteiger partial charge in [-0.15, -0.1) is 0 Å². The van der Waals surface area contributed by atoms with E-state index in [4.69, 9.17) is 0 Å². The highest BCUT2D eigenvalue weighted by Gasteiger charge is 2.21. The fraction of sp³-hybridized carbons (Fsp3) is 0.471. The highest BCUT2D eigenvalue weighted by atomic mass is 16.1. The Morgan fingerprint density at radius 2 is 1.94 bits per heavy atom. The first-order valence-corrected chi connectivity index (χ1v) is 6.79. The number of benzene rings is 1. The van der Waals surface area contributed by atoms with Crippen LogP contribution in [0.4, 0.5) is 0 Å². The van der Waals surface area contributed by atoms with Gasteiger partial charge in [-0.3, -0.25) is 4.79 Å². The van der Waals surface area contributed by atoms with E-state index in [2.05, 4.69) is 30.3 Å². The average Bonchev–Trinajstić information content (AvgIpc) is 2.71. The van der Waals surface area contributed by atoms with Crippen molar-refractivity contribution in [3.8, 4) is 0 Å². The van der Waals surface area contributed by atoms with Crippen molar-refractivity contribution >= 4 is 11.4 Å². The van der Waals surface area contributed by atoms with Crippen molar-refractivity contribution in [1.29, 1.82) is 0 Å². The van der Waals surface area contributed by atoms with Gasteiger partial charge in [0.15, 0.2) is 0 Å². The van der Waals surface area contributed by atoms with Gasteiger partial charge in [0.2, 0.25) is 0 Å². The first-order chi connectivity index (χ1) is 8.48. The zero-order chi connectivity index (χ0) is 13.2. The zero-order valence-electron chi connectivity index (χ0n) is 11.6. The van der Waals surface area contributed by atoms with Gasteiger partial charge in [-0.25, -0.2) is 0 Å². The van der Waals surface area contributed by atoms with Crippen LogP contribution < -0.4 is 0 Å². The molecule has 0 saturated carbocycles. The molecular formula is C17H22O. The van der Waals surface area contributed by atoms with Crippen molar-refractivity contribution in [3.63, 3.8) is 0 Å². The predicted octanol–water partition coefficient (Wildman–Crippen LogP) is 4.41. The lowest BCUT2D eigenvalue weighted by atomic mass is 9.87. The molecule has 1 aliphatic carbocycles. The number of rotatable bonds is 4. The number of hydrogen-bond acceptors (Lipinski definition) is 1. The van der Waals surface area contributed by atoms with Crippen LogP contribution in [0, 0.1) is 5.41 Å². The van der Waals surface area contributed by atoms with Crippen LogP contribution in [-0.4, -0.2) is 5.78 Å². The Hall–Kier alpha value is -1.37. The van der Waals surface area contributed by atoms with Crippen molar-refractivity contribution in [2.75, 3.05) is 0 Å². The van der Waals surface area contributed by atoms with Crippen molar-refractivity contribution in [1.82, 2.24) is 0 Å². The van der Waals surface area contributed by atoms with Gasteiger partial charge in [-0.2, -0.15) is 0 Å². The fourth-order valence-corrected chi connectivity index (χ4v) is 2.41. The summed E-state index contributed by atoms with van der Waals surface area (Å²) in [6, 6.07) is 8.58. The van der Waals surface area contributed by atoms with Crippen LogP contribution in [0.25, 0.3) is 5.57 Å². The van der Waals surface area contributed by atoms with Gasteiger partial charge >= 0.3 is 0 Å². The quantitative estimate of drug-likeness (QED) is 0.764. The lowest BCUT2D eigenvalue weighted by Gasteiger charge is -2.16. The predicted molar refractivity (Wildman–Crippen MR) is 76.4 cm³/mol. The van der Waals surface area contributed by atoms with E-state index in [9.17, 15) is 4.79 Å². The van der Waals surface area contributed by atoms with Crippen LogP contribution in [0.5, 0.6) is 0 Å². The van der Waals surface area contributed by atoms with E-state index in [-0.39, 0.29) is 5.41 Å². The molecule has 1 aromatic rings. The van der Waals surface area contributed by atoms with Gasteiger partial charge < -0.3 is 0 Å². The molecule has 0 N–H and O–H groups in total. The summed E-state index contributed by atoms with van der Waals surface area (Å²) in [5.74, 6) is 0.370. The monoisotopic (exact) mass is 242 g/mol. The molecule has 0 aromatic heterocycles. The molecule has 0 bridgehead atoms. The molecule has 1 nitrogen and oxygen atoms in total. The van der Waals surface area contributed by atoms with Gasteiger partial charge in [0, 0.05) is 11.8 Å². The van der Waals surface area contributed by atoms with E-state index >= 15 is 0 Å². The third kappa shape index (κ3) is 2.90. The second-order valence-electron chi connectivity index (χ2n) is 6.12. The van der Waals surface area contributed by atoms with Gasteiger partial charge in [0.25, 0.3) is 0 Å². The number of carbonyl (C=O) groups excluding carboxylic acids is 1. The molecule has 1 heteroatoms. The van der Waals surface area contributed by atoms with E-state index < -0.39 is 0 Å². The van der Waals surface area contributed by atoms with Crippen LogP contribution in [0.15, 0.2) is 30.3 Å². The number of hydrogen-bond donors (Lipinski definition) is 0. The minimum absolute atomic E-state index is 0.192. The minimum atomic E-state index is -0.192. The Bertz CT molecular complexity index is 475. The van der Waals surface area contributed by atoms with Crippen LogP contribution in [-0.2, 0) is 11.2 Å². The number of fused-ring (bicyclic) bond motifs is 1. The average molecular weight is 242 g/mol. The molecule has 0 heterocycles. The Balaban J connectivity index is 1.88.